The minimum Gasteiger partial charge on any atom is -0.473 e. The molecule has 0 aliphatic carbocycles. The standard InChI is InChI=1S/C20H22N2O4/c1-14(23)17-5-2-4-15(12-17)13-26-19-7-3-6-18(21-19)16-8-10-22(11-9-16)20(24)25/h2-7,12,16H,8-11,13H2,1H3,(H,24,25). The van der Waals surface area contributed by atoms with Gasteiger partial charge in [-0.25, -0.2) is 9.78 Å². The van der Waals surface area contributed by atoms with E-state index in [4.69, 9.17) is 9.84 Å². The number of amides is 1. The minimum absolute atomic E-state index is 0.0275. The summed E-state index contributed by atoms with van der Waals surface area (Å²) >= 11 is 0. The van der Waals surface area contributed by atoms with Crippen molar-refractivity contribution in [1.29, 1.82) is 0 Å². The maximum Gasteiger partial charge on any atom is 0.407 e. The van der Waals surface area contributed by atoms with Crippen molar-refractivity contribution in [2.75, 3.05) is 13.1 Å². The van der Waals surface area contributed by atoms with Crippen LogP contribution in [-0.4, -0.2) is 40.0 Å². The summed E-state index contributed by atoms with van der Waals surface area (Å²) in [4.78, 5) is 28.5. The normalized spacial score (nSPS) is 14.9. The fraction of sp³-hybridized carbons (Fsp3) is 0.350. The Morgan fingerprint density at radius 1 is 1.19 bits per heavy atom. The van der Waals surface area contributed by atoms with Crippen LogP contribution in [0.1, 0.15) is 47.3 Å². The largest absolute Gasteiger partial charge is 0.473 e. The van der Waals surface area contributed by atoms with Gasteiger partial charge in [0.05, 0.1) is 0 Å². The molecule has 0 spiro atoms. The number of rotatable bonds is 5. The first-order valence-corrected chi connectivity index (χ1v) is 8.70. The molecule has 1 amide bonds. The molecule has 0 saturated carbocycles. The molecule has 1 N–H and O–H groups in total. The number of benzene rings is 1. The fourth-order valence-electron chi connectivity index (χ4n) is 3.14. The average Bonchev–Trinajstić information content (AvgIpc) is 2.67. The number of ether oxygens (including phenoxy) is 1. The van der Waals surface area contributed by atoms with Crippen molar-refractivity contribution in [1.82, 2.24) is 9.88 Å². The number of pyridine rings is 1. The molecule has 6 nitrogen and oxygen atoms in total. The average molecular weight is 354 g/mol. The summed E-state index contributed by atoms with van der Waals surface area (Å²) in [5.74, 6) is 0.811. The summed E-state index contributed by atoms with van der Waals surface area (Å²) in [5.41, 5.74) is 2.52. The second kappa shape index (κ2) is 7.99. The predicted molar refractivity (Wildman–Crippen MR) is 96.6 cm³/mol. The van der Waals surface area contributed by atoms with Gasteiger partial charge >= 0.3 is 6.09 Å². The fourth-order valence-corrected chi connectivity index (χ4v) is 3.14. The number of Topliss-reactive ketones (excluding diaryl/α,β-unsaturated/α-hetero) is 1. The first-order valence-electron chi connectivity index (χ1n) is 8.70. The summed E-state index contributed by atoms with van der Waals surface area (Å²) in [6.07, 6.45) is 0.675. The summed E-state index contributed by atoms with van der Waals surface area (Å²) in [6.45, 7) is 2.95. The van der Waals surface area contributed by atoms with Gasteiger partial charge in [-0.15, -0.1) is 0 Å². The smallest absolute Gasteiger partial charge is 0.407 e. The third-order valence-corrected chi connectivity index (χ3v) is 4.65. The third-order valence-electron chi connectivity index (χ3n) is 4.65. The Morgan fingerprint density at radius 3 is 2.62 bits per heavy atom. The zero-order chi connectivity index (χ0) is 18.5. The van der Waals surface area contributed by atoms with E-state index in [1.165, 1.54) is 4.90 Å². The molecule has 0 radical (unpaired) electrons. The van der Waals surface area contributed by atoms with Crippen LogP contribution < -0.4 is 4.74 Å². The SMILES string of the molecule is CC(=O)c1cccc(COc2cccc(C3CCN(C(=O)O)CC3)n2)c1. The number of likely N-dealkylation sites (tertiary alicyclic amines) is 1. The molecule has 1 aliphatic rings. The van der Waals surface area contributed by atoms with E-state index in [-0.39, 0.29) is 11.7 Å². The highest BCUT2D eigenvalue weighted by molar-refractivity contribution is 5.94. The summed E-state index contributed by atoms with van der Waals surface area (Å²) in [7, 11) is 0. The lowest BCUT2D eigenvalue weighted by Crippen LogP contribution is -2.36. The lowest BCUT2D eigenvalue weighted by atomic mass is 9.93. The van der Waals surface area contributed by atoms with Crippen molar-refractivity contribution in [2.45, 2.75) is 32.3 Å². The van der Waals surface area contributed by atoms with Crippen LogP contribution in [0.3, 0.4) is 0 Å². The molecule has 3 rings (SSSR count). The van der Waals surface area contributed by atoms with Gasteiger partial charge in [-0.2, -0.15) is 0 Å². The molecular weight excluding hydrogens is 332 g/mol. The van der Waals surface area contributed by atoms with E-state index in [1.54, 1.807) is 13.0 Å². The first kappa shape index (κ1) is 17.9. The van der Waals surface area contributed by atoms with Crippen LogP contribution in [0.4, 0.5) is 4.79 Å². The van der Waals surface area contributed by atoms with Crippen LogP contribution in [-0.2, 0) is 6.61 Å². The Kier molecular flexibility index (Phi) is 5.51. The molecule has 0 unspecified atom stereocenters. The van der Waals surface area contributed by atoms with E-state index in [1.807, 2.05) is 36.4 Å². The topological polar surface area (TPSA) is 79.7 Å². The van der Waals surface area contributed by atoms with Gasteiger partial charge in [-0.1, -0.05) is 24.3 Å². The number of hydrogen-bond donors (Lipinski definition) is 1. The molecule has 2 aromatic rings. The molecule has 1 aromatic heterocycles. The molecule has 1 saturated heterocycles. The number of aromatic nitrogens is 1. The van der Waals surface area contributed by atoms with E-state index < -0.39 is 6.09 Å². The summed E-state index contributed by atoms with van der Waals surface area (Å²) < 4.78 is 5.79. The maximum absolute atomic E-state index is 11.5. The van der Waals surface area contributed by atoms with Crippen LogP contribution in [0.5, 0.6) is 5.88 Å². The zero-order valence-electron chi connectivity index (χ0n) is 14.7. The lowest BCUT2D eigenvalue weighted by Gasteiger charge is -2.29. The number of ketones is 1. The predicted octanol–water partition coefficient (Wildman–Crippen LogP) is 3.72. The van der Waals surface area contributed by atoms with Crippen molar-refractivity contribution in [3.63, 3.8) is 0 Å². The van der Waals surface area contributed by atoms with E-state index in [2.05, 4.69) is 4.98 Å². The van der Waals surface area contributed by atoms with Crippen LogP contribution in [0.15, 0.2) is 42.5 Å². The Balaban J connectivity index is 1.62. The lowest BCUT2D eigenvalue weighted by molar-refractivity contribution is 0.101. The highest BCUT2D eigenvalue weighted by Crippen LogP contribution is 2.28. The van der Waals surface area contributed by atoms with E-state index >= 15 is 0 Å². The Hall–Kier alpha value is -2.89. The van der Waals surface area contributed by atoms with Crippen LogP contribution in [0.2, 0.25) is 0 Å². The van der Waals surface area contributed by atoms with Crippen molar-refractivity contribution < 1.29 is 19.4 Å². The van der Waals surface area contributed by atoms with Crippen LogP contribution >= 0.6 is 0 Å². The number of nitrogens with zero attached hydrogens (tertiary/aromatic N) is 2. The molecule has 0 atom stereocenters. The monoisotopic (exact) mass is 354 g/mol. The van der Waals surface area contributed by atoms with Gasteiger partial charge in [-0.05, 0) is 37.5 Å². The number of hydrogen-bond acceptors (Lipinski definition) is 4. The number of piperidine rings is 1. The van der Waals surface area contributed by atoms with Gasteiger partial charge < -0.3 is 14.7 Å². The summed E-state index contributed by atoms with van der Waals surface area (Å²) in [5, 5.41) is 9.04. The van der Waals surface area contributed by atoms with Gasteiger partial charge in [0, 0.05) is 36.3 Å². The van der Waals surface area contributed by atoms with Crippen molar-refractivity contribution in [2.24, 2.45) is 0 Å². The van der Waals surface area contributed by atoms with Gasteiger partial charge in [0.2, 0.25) is 5.88 Å². The van der Waals surface area contributed by atoms with Gasteiger partial charge in [0.25, 0.3) is 0 Å². The number of carbonyl (C=O) groups is 2. The second-order valence-corrected chi connectivity index (χ2v) is 6.49. The molecular formula is C20H22N2O4. The first-order chi connectivity index (χ1) is 12.5. The van der Waals surface area contributed by atoms with Crippen molar-refractivity contribution >= 4 is 11.9 Å². The maximum atomic E-state index is 11.5. The highest BCUT2D eigenvalue weighted by atomic mass is 16.5. The van der Waals surface area contributed by atoms with Crippen LogP contribution in [0, 0.1) is 0 Å². The second-order valence-electron chi connectivity index (χ2n) is 6.49. The molecule has 1 aromatic carbocycles. The molecule has 1 fully saturated rings. The van der Waals surface area contributed by atoms with Crippen molar-refractivity contribution in [3.8, 4) is 5.88 Å². The number of carboxylic acid groups (broad SMARTS) is 1. The Morgan fingerprint density at radius 2 is 1.92 bits per heavy atom. The van der Waals surface area contributed by atoms with E-state index in [0.29, 0.717) is 31.1 Å². The quantitative estimate of drug-likeness (QED) is 0.828. The van der Waals surface area contributed by atoms with Gasteiger partial charge in [-0.3, -0.25) is 4.79 Å². The molecule has 1 aliphatic heterocycles. The molecule has 0 bridgehead atoms. The van der Waals surface area contributed by atoms with Crippen molar-refractivity contribution in [3.05, 3.63) is 59.3 Å². The Labute approximate surface area is 152 Å². The van der Waals surface area contributed by atoms with Crippen LogP contribution in [0.25, 0.3) is 0 Å². The minimum atomic E-state index is -0.860. The molecule has 136 valence electrons. The van der Waals surface area contributed by atoms with E-state index in [9.17, 15) is 9.59 Å². The molecule has 26 heavy (non-hydrogen) atoms. The molecule has 2 heterocycles. The highest BCUT2D eigenvalue weighted by Gasteiger charge is 2.24. The number of carbonyl (C=O) groups excluding carboxylic acids is 1. The Bertz CT molecular complexity index is 798. The molecule has 6 heteroatoms. The van der Waals surface area contributed by atoms with E-state index in [0.717, 1.165) is 24.1 Å². The summed E-state index contributed by atoms with van der Waals surface area (Å²) in [6, 6.07) is 13.1. The van der Waals surface area contributed by atoms with Gasteiger partial charge in [0.1, 0.15) is 6.61 Å². The van der Waals surface area contributed by atoms with Gasteiger partial charge in [0.15, 0.2) is 5.78 Å². The zero-order valence-corrected chi connectivity index (χ0v) is 14.7. The third kappa shape index (κ3) is 4.39.